The number of esters is 2. The van der Waals surface area contributed by atoms with E-state index in [9.17, 15) is 9.59 Å². The molecule has 0 aliphatic heterocycles. The minimum Gasteiger partial charge on any atom is -0.465 e. The molecule has 0 aromatic carbocycles. The fourth-order valence-electron chi connectivity index (χ4n) is 3.46. The van der Waals surface area contributed by atoms with Crippen LogP contribution in [0.4, 0.5) is 0 Å². The summed E-state index contributed by atoms with van der Waals surface area (Å²) in [4.78, 5) is 24.9. The quantitative estimate of drug-likeness (QED) is 0.391. The lowest BCUT2D eigenvalue weighted by atomic mass is 9.62. The van der Waals surface area contributed by atoms with Crippen LogP contribution in [-0.4, -0.2) is 25.2 Å². The van der Waals surface area contributed by atoms with Gasteiger partial charge in [-0.25, -0.2) is 0 Å². The maximum absolute atomic E-state index is 12.4. The van der Waals surface area contributed by atoms with Crippen molar-refractivity contribution in [2.75, 3.05) is 13.2 Å². The van der Waals surface area contributed by atoms with Crippen LogP contribution < -0.4 is 0 Å². The van der Waals surface area contributed by atoms with Gasteiger partial charge in [0.05, 0.1) is 25.0 Å². The molecule has 2 bridgehead atoms. The molecule has 22 heavy (non-hydrogen) atoms. The van der Waals surface area contributed by atoms with Gasteiger partial charge in [0.1, 0.15) is 0 Å². The molecule has 0 aromatic rings. The summed E-state index contributed by atoms with van der Waals surface area (Å²) in [5.41, 5.74) is 0. The van der Waals surface area contributed by atoms with Gasteiger partial charge in [0.15, 0.2) is 0 Å². The molecule has 4 atom stereocenters. The number of fused-ring (bicyclic) bond motifs is 2. The van der Waals surface area contributed by atoms with Crippen molar-refractivity contribution in [1.82, 2.24) is 0 Å². The zero-order chi connectivity index (χ0) is 15.9. The highest BCUT2D eigenvalue weighted by Gasteiger charge is 2.49. The molecular weight excluding hydrogens is 280 g/mol. The van der Waals surface area contributed by atoms with E-state index < -0.39 is 0 Å². The first kappa shape index (κ1) is 17.0. The molecule has 3 aliphatic rings. The van der Waals surface area contributed by atoms with Crippen LogP contribution in [-0.2, 0) is 19.1 Å². The van der Waals surface area contributed by atoms with Crippen LogP contribution in [0.25, 0.3) is 0 Å². The lowest BCUT2D eigenvalue weighted by Gasteiger charge is -2.42. The molecule has 0 saturated heterocycles. The highest BCUT2D eigenvalue weighted by molar-refractivity contribution is 5.83. The first-order chi connectivity index (χ1) is 10.7. The molecule has 3 rings (SSSR count). The number of hydrogen-bond acceptors (Lipinski definition) is 4. The lowest BCUT2D eigenvalue weighted by molar-refractivity contribution is -0.167. The second-order valence-corrected chi connectivity index (χ2v) is 6.38. The number of allylic oxidation sites excluding steroid dienone is 2. The number of hydrogen-bond donors (Lipinski definition) is 0. The van der Waals surface area contributed by atoms with Crippen LogP contribution in [0.5, 0.6) is 0 Å². The third-order valence-electron chi connectivity index (χ3n) is 4.78. The molecular formula is C18H28O4. The summed E-state index contributed by atoms with van der Waals surface area (Å²) in [5, 5.41) is 0. The molecule has 0 heterocycles. The molecule has 0 aromatic heterocycles. The molecule has 0 amide bonds. The summed E-state index contributed by atoms with van der Waals surface area (Å²) in [6.07, 6.45) is 9.84. The Hall–Kier alpha value is -1.32. The summed E-state index contributed by atoms with van der Waals surface area (Å²) >= 11 is 0. The third-order valence-corrected chi connectivity index (χ3v) is 4.78. The molecule has 1 saturated carbocycles. The van der Waals surface area contributed by atoms with Crippen molar-refractivity contribution in [3.05, 3.63) is 12.2 Å². The average molecular weight is 308 g/mol. The van der Waals surface area contributed by atoms with Crippen molar-refractivity contribution < 1.29 is 19.1 Å². The van der Waals surface area contributed by atoms with E-state index in [0.29, 0.717) is 13.2 Å². The molecule has 0 radical (unpaired) electrons. The molecule has 4 heteroatoms. The fraction of sp³-hybridized carbons (Fsp3) is 0.778. The zero-order valence-electron chi connectivity index (χ0n) is 13.8. The minimum atomic E-state index is -0.352. The smallest absolute Gasteiger partial charge is 0.310 e. The Labute approximate surface area is 133 Å². The van der Waals surface area contributed by atoms with Crippen LogP contribution in [0, 0.1) is 23.7 Å². The number of carbonyl (C=O) groups is 2. The fourth-order valence-corrected chi connectivity index (χ4v) is 3.46. The molecule has 3 aliphatic carbocycles. The van der Waals surface area contributed by atoms with Crippen molar-refractivity contribution >= 4 is 11.9 Å². The van der Waals surface area contributed by atoms with E-state index >= 15 is 0 Å². The van der Waals surface area contributed by atoms with Crippen LogP contribution in [0.1, 0.15) is 52.4 Å². The van der Waals surface area contributed by atoms with Gasteiger partial charge in [0.2, 0.25) is 0 Å². The standard InChI is InChI=1S/C18H28O4/c1-3-5-11-21-17(19)15-13-7-9-14(10-8-13)16(15)18(20)22-12-6-4-2/h7,9,13-16H,3-6,8,10-12H2,1-2H3. The third kappa shape index (κ3) is 3.90. The Kier molecular flexibility index (Phi) is 6.47. The van der Waals surface area contributed by atoms with Gasteiger partial charge in [-0.15, -0.1) is 0 Å². The van der Waals surface area contributed by atoms with E-state index in [4.69, 9.17) is 9.47 Å². The summed E-state index contributed by atoms with van der Waals surface area (Å²) in [7, 11) is 0. The largest absolute Gasteiger partial charge is 0.465 e. The Morgan fingerprint density at radius 3 is 1.59 bits per heavy atom. The second kappa shape index (κ2) is 8.35. The van der Waals surface area contributed by atoms with Gasteiger partial charge in [-0.2, -0.15) is 0 Å². The predicted octanol–water partition coefficient (Wildman–Crippen LogP) is 3.50. The predicted molar refractivity (Wildman–Crippen MR) is 84.1 cm³/mol. The molecule has 124 valence electrons. The lowest BCUT2D eigenvalue weighted by Crippen LogP contribution is -2.46. The molecule has 4 nitrogen and oxygen atoms in total. The first-order valence-corrected chi connectivity index (χ1v) is 8.70. The van der Waals surface area contributed by atoms with Crippen LogP contribution in [0.3, 0.4) is 0 Å². The Bertz CT molecular complexity index is 377. The van der Waals surface area contributed by atoms with Crippen molar-refractivity contribution in [2.45, 2.75) is 52.4 Å². The van der Waals surface area contributed by atoms with Gasteiger partial charge in [-0.3, -0.25) is 9.59 Å². The van der Waals surface area contributed by atoms with E-state index in [0.717, 1.165) is 38.5 Å². The van der Waals surface area contributed by atoms with Gasteiger partial charge in [0.25, 0.3) is 0 Å². The van der Waals surface area contributed by atoms with E-state index in [-0.39, 0.29) is 35.6 Å². The minimum absolute atomic E-state index is 0.128. The van der Waals surface area contributed by atoms with Crippen molar-refractivity contribution in [3.8, 4) is 0 Å². The normalized spacial score (nSPS) is 29.4. The summed E-state index contributed by atoms with van der Waals surface area (Å²) in [6, 6.07) is 0. The molecule has 1 fully saturated rings. The molecule has 4 unspecified atom stereocenters. The van der Waals surface area contributed by atoms with Crippen molar-refractivity contribution in [2.24, 2.45) is 23.7 Å². The van der Waals surface area contributed by atoms with Crippen molar-refractivity contribution in [1.29, 1.82) is 0 Å². The van der Waals surface area contributed by atoms with Crippen LogP contribution in [0.2, 0.25) is 0 Å². The zero-order valence-corrected chi connectivity index (χ0v) is 13.8. The van der Waals surface area contributed by atoms with Gasteiger partial charge < -0.3 is 9.47 Å². The van der Waals surface area contributed by atoms with Crippen molar-refractivity contribution in [3.63, 3.8) is 0 Å². The Morgan fingerprint density at radius 2 is 1.27 bits per heavy atom. The Balaban J connectivity index is 2.02. The molecule has 0 spiro atoms. The maximum Gasteiger partial charge on any atom is 0.310 e. The average Bonchev–Trinajstić information content (AvgIpc) is 2.55. The highest BCUT2D eigenvalue weighted by Crippen LogP contribution is 2.45. The van der Waals surface area contributed by atoms with Gasteiger partial charge in [-0.05, 0) is 37.5 Å². The van der Waals surface area contributed by atoms with Crippen LogP contribution >= 0.6 is 0 Å². The maximum atomic E-state index is 12.4. The van der Waals surface area contributed by atoms with Gasteiger partial charge in [0, 0.05) is 0 Å². The van der Waals surface area contributed by atoms with Crippen LogP contribution in [0.15, 0.2) is 12.2 Å². The summed E-state index contributed by atoms with van der Waals surface area (Å²) < 4.78 is 10.8. The number of rotatable bonds is 8. The monoisotopic (exact) mass is 308 g/mol. The number of unbranched alkanes of at least 4 members (excludes halogenated alkanes) is 2. The number of carbonyl (C=O) groups excluding carboxylic acids is 2. The highest BCUT2D eigenvalue weighted by atomic mass is 16.5. The summed E-state index contributed by atoms with van der Waals surface area (Å²) in [5.74, 6) is -0.884. The van der Waals surface area contributed by atoms with Gasteiger partial charge >= 0.3 is 11.9 Å². The van der Waals surface area contributed by atoms with E-state index in [2.05, 4.69) is 26.0 Å². The van der Waals surface area contributed by atoms with E-state index in [1.165, 1.54) is 0 Å². The second-order valence-electron chi connectivity index (χ2n) is 6.38. The number of ether oxygens (including phenoxy) is 2. The first-order valence-electron chi connectivity index (χ1n) is 8.70. The Morgan fingerprint density at radius 1 is 0.864 bits per heavy atom. The van der Waals surface area contributed by atoms with E-state index in [1.807, 2.05) is 0 Å². The van der Waals surface area contributed by atoms with E-state index in [1.54, 1.807) is 0 Å². The SMILES string of the molecule is CCCCOC(=O)C1C2C=CC(CC2)C1C(=O)OCCCC. The topological polar surface area (TPSA) is 52.6 Å². The summed E-state index contributed by atoms with van der Waals surface area (Å²) in [6.45, 7) is 5.02. The molecule has 0 N–H and O–H groups in total. The van der Waals surface area contributed by atoms with Gasteiger partial charge in [-0.1, -0.05) is 38.8 Å².